The minimum Gasteiger partial charge on any atom is -0.373 e. The van der Waals surface area contributed by atoms with Gasteiger partial charge in [0, 0.05) is 32.7 Å². The lowest BCUT2D eigenvalue weighted by molar-refractivity contribution is -0.0728. The number of piperidine rings is 1. The molecule has 3 heterocycles. The van der Waals surface area contributed by atoms with Crippen molar-refractivity contribution in [2.24, 2.45) is 5.92 Å². The van der Waals surface area contributed by atoms with Crippen LogP contribution in [0.5, 0.6) is 0 Å². The molecule has 2 fully saturated rings. The van der Waals surface area contributed by atoms with Gasteiger partial charge in [0.25, 0.3) is 5.91 Å². The van der Waals surface area contributed by atoms with Gasteiger partial charge < -0.3 is 9.64 Å². The lowest BCUT2D eigenvalue weighted by Gasteiger charge is -2.39. The number of hydrogen-bond acceptors (Lipinski definition) is 4. The number of nitrogens with zero attached hydrogens (tertiary/aromatic N) is 4. The van der Waals surface area contributed by atoms with E-state index in [4.69, 9.17) is 16.3 Å². The molecule has 2 aliphatic rings. The number of carbonyl (C=O) groups excluding carboxylic acids is 1. The van der Waals surface area contributed by atoms with Crippen molar-refractivity contribution < 1.29 is 13.9 Å². The number of morpholine rings is 1. The summed E-state index contributed by atoms with van der Waals surface area (Å²) in [6.45, 7) is 10.5. The van der Waals surface area contributed by atoms with E-state index in [1.54, 1.807) is 19.1 Å². The highest BCUT2D eigenvalue weighted by Gasteiger charge is 2.31. The fraction of sp³-hybridized carbons (Fsp3) is 0.565. The van der Waals surface area contributed by atoms with E-state index in [1.807, 2.05) is 4.90 Å². The summed E-state index contributed by atoms with van der Waals surface area (Å²) in [5.74, 6) is 0.173. The zero-order valence-corrected chi connectivity index (χ0v) is 19.1. The Labute approximate surface area is 187 Å². The molecular formula is C23H30ClFN4O2. The van der Waals surface area contributed by atoms with E-state index in [1.165, 1.54) is 16.8 Å². The van der Waals surface area contributed by atoms with Crippen LogP contribution in [0.4, 0.5) is 4.39 Å². The molecule has 0 spiro atoms. The second kappa shape index (κ2) is 9.27. The first kappa shape index (κ1) is 22.2. The van der Waals surface area contributed by atoms with Gasteiger partial charge in [-0.1, -0.05) is 11.6 Å². The van der Waals surface area contributed by atoms with Gasteiger partial charge in [-0.25, -0.2) is 9.07 Å². The van der Waals surface area contributed by atoms with Crippen molar-refractivity contribution in [3.63, 3.8) is 0 Å². The largest absolute Gasteiger partial charge is 0.373 e. The number of hydrogen-bond donors (Lipinski definition) is 0. The Morgan fingerprint density at radius 2 is 1.77 bits per heavy atom. The fourth-order valence-electron chi connectivity index (χ4n) is 4.77. The molecule has 2 aliphatic heterocycles. The standard InChI is InChI=1S/C23H30ClFN4O2/c1-15-12-27(13-16(2)31-15)14-18-8-10-28(11-9-18)23(30)21-17(3)26-29(22(21)24)20-6-4-19(25)5-7-20/h4-7,15-16,18H,8-14H2,1-3H3. The Morgan fingerprint density at radius 3 is 2.39 bits per heavy atom. The van der Waals surface area contributed by atoms with Crippen molar-refractivity contribution >= 4 is 17.5 Å². The lowest BCUT2D eigenvalue weighted by Crippen LogP contribution is -2.48. The molecule has 1 amide bonds. The molecule has 0 N–H and O–H groups in total. The summed E-state index contributed by atoms with van der Waals surface area (Å²) in [5.41, 5.74) is 1.64. The number of aryl methyl sites for hydroxylation is 1. The molecule has 6 nitrogen and oxygen atoms in total. The molecule has 31 heavy (non-hydrogen) atoms. The Kier molecular flexibility index (Phi) is 6.65. The molecule has 0 saturated carbocycles. The average Bonchev–Trinajstić information content (AvgIpc) is 3.02. The summed E-state index contributed by atoms with van der Waals surface area (Å²) in [6, 6.07) is 5.90. The number of rotatable bonds is 4. The van der Waals surface area contributed by atoms with Gasteiger partial charge in [-0.05, 0) is 63.8 Å². The first-order chi connectivity index (χ1) is 14.8. The van der Waals surface area contributed by atoms with Crippen LogP contribution in [-0.4, -0.2) is 70.4 Å². The van der Waals surface area contributed by atoms with Gasteiger partial charge in [-0.2, -0.15) is 5.10 Å². The van der Waals surface area contributed by atoms with Crippen LogP contribution < -0.4 is 0 Å². The van der Waals surface area contributed by atoms with Crippen LogP contribution >= 0.6 is 11.6 Å². The number of aromatic nitrogens is 2. The fourth-order valence-corrected chi connectivity index (χ4v) is 5.12. The molecule has 1 aromatic carbocycles. The Balaban J connectivity index is 1.39. The number of likely N-dealkylation sites (tertiary alicyclic amines) is 1. The van der Waals surface area contributed by atoms with E-state index in [-0.39, 0.29) is 29.1 Å². The monoisotopic (exact) mass is 448 g/mol. The minimum absolute atomic E-state index is 0.0806. The average molecular weight is 449 g/mol. The molecule has 2 unspecified atom stereocenters. The van der Waals surface area contributed by atoms with E-state index in [9.17, 15) is 9.18 Å². The second-order valence-electron chi connectivity index (χ2n) is 8.85. The third kappa shape index (κ3) is 4.94. The molecule has 1 aromatic heterocycles. The number of halogens is 2. The molecule has 4 rings (SSSR count). The Bertz CT molecular complexity index is 914. The SMILES string of the molecule is Cc1nn(-c2ccc(F)cc2)c(Cl)c1C(=O)N1CCC(CN2CC(C)OC(C)C2)CC1. The first-order valence-electron chi connectivity index (χ1n) is 11.0. The van der Waals surface area contributed by atoms with Crippen LogP contribution in [0.15, 0.2) is 24.3 Å². The maximum Gasteiger partial charge on any atom is 0.258 e. The lowest BCUT2D eigenvalue weighted by atomic mass is 9.95. The van der Waals surface area contributed by atoms with Gasteiger partial charge in [0.05, 0.1) is 29.2 Å². The van der Waals surface area contributed by atoms with Gasteiger partial charge in [0.2, 0.25) is 0 Å². The van der Waals surface area contributed by atoms with Crippen molar-refractivity contribution in [3.8, 4) is 5.69 Å². The quantitative estimate of drug-likeness (QED) is 0.711. The molecule has 2 saturated heterocycles. The molecule has 0 bridgehead atoms. The summed E-state index contributed by atoms with van der Waals surface area (Å²) in [7, 11) is 0. The smallest absolute Gasteiger partial charge is 0.258 e. The predicted molar refractivity (Wildman–Crippen MR) is 118 cm³/mol. The number of amides is 1. The molecule has 2 atom stereocenters. The van der Waals surface area contributed by atoms with Gasteiger partial charge in [-0.15, -0.1) is 0 Å². The highest BCUT2D eigenvalue weighted by molar-refractivity contribution is 6.33. The van der Waals surface area contributed by atoms with Crippen LogP contribution in [0.1, 0.15) is 42.7 Å². The van der Waals surface area contributed by atoms with Gasteiger partial charge >= 0.3 is 0 Å². The molecule has 0 radical (unpaired) electrons. The molecule has 8 heteroatoms. The van der Waals surface area contributed by atoms with Crippen molar-refractivity contribution in [1.29, 1.82) is 0 Å². The van der Waals surface area contributed by atoms with E-state index in [2.05, 4.69) is 23.8 Å². The van der Waals surface area contributed by atoms with Crippen molar-refractivity contribution in [1.82, 2.24) is 19.6 Å². The van der Waals surface area contributed by atoms with E-state index in [0.29, 0.717) is 22.9 Å². The van der Waals surface area contributed by atoms with Gasteiger partial charge in [-0.3, -0.25) is 9.69 Å². The Morgan fingerprint density at radius 1 is 1.16 bits per heavy atom. The van der Waals surface area contributed by atoms with Crippen molar-refractivity contribution in [2.75, 3.05) is 32.7 Å². The molecule has 168 valence electrons. The third-order valence-corrected chi connectivity index (χ3v) is 6.55. The zero-order chi connectivity index (χ0) is 22.1. The van der Waals surface area contributed by atoms with Crippen LogP contribution in [-0.2, 0) is 4.74 Å². The summed E-state index contributed by atoms with van der Waals surface area (Å²) < 4.78 is 20.6. The van der Waals surface area contributed by atoms with E-state index < -0.39 is 0 Å². The highest BCUT2D eigenvalue weighted by atomic mass is 35.5. The first-order valence-corrected chi connectivity index (χ1v) is 11.4. The number of carbonyl (C=O) groups is 1. The number of benzene rings is 1. The molecule has 2 aromatic rings. The minimum atomic E-state index is -0.330. The van der Waals surface area contributed by atoms with E-state index >= 15 is 0 Å². The summed E-state index contributed by atoms with van der Waals surface area (Å²) >= 11 is 6.54. The predicted octanol–water partition coefficient (Wildman–Crippen LogP) is 3.93. The van der Waals surface area contributed by atoms with Crippen LogP contribution in [0.2, 0.25) is 5.15 Å². The maximum atomic E-state index is 13.2. The number of ether oxygens (including phenoxy) is 1. The maximum absolute atomic E-state index is 13.2. The van der Waals surface area contributed by atoms with Crippen molar-refractivity contribution in [2.45, 2.75) is 45.8 Å². The normalized spacial score (nSPS) is 23.3. The second-order valence-corrected chi connectivity index (χ2v) is 9.21. The van der Waals surface area contributed by atoms with Gasteiger partial charge in [0.15, 0.2) is 0 Å². The Hall–Kier alpha value is -1.96. The van der Waals surface area contributed by atoms with Crippen molar-refractivity contribution in [3.05, 3.63) is 46.5 Å². The molecular weight excluding hydrogens is 419 g/mol. The zero-order valence-electron chi connectivity index (χ0n) is 18.4. The van der Waals surface area contributed by atoms with Crippen LogP contribution in [0.25, 0.3) is 5.69 Å². The summed E-state index contributed by atoms with van der Waals surface area (Å²) in [5, 5.41) is 4.70. The van der Waals surface area contributed by atoms with Gasteiger partial charge in [0.1, 0.15) is 11.0 Å². The van der Waals surface area contributed by atoms with E-state index in [0.717, 1.165) is 45.6 Å². The summed E-state index contributed by atoms with van der Waals surface area (Å²) in [4.78, 5) is 17.6. The summed E-state index contributed by atoms with van der Waals surface area (Å²) in [6.07, 6.45) is 2.50. The van der Waals surface area contributed by atoms with Crippen LogP contribution in [0, 0.1) is 18.7 Å². The highest BCUT2D eigenvalue weighted by Crippen LogP contribution is 2.28. The third-order valence-electron chi connectivity index (χ3n) is 6.20. The topological polar surface area (TPSA) is 50.6 Å². The van der Waals surface area contributed by atoms with Crippen LogP contribution in [0.3, 0.4) is 0 Å². The molecule has 0 aliphatic carbocycles.